The molecule has 118 valence electrons. The average Bonchev–Trinajstić information content (AvgIpc) is 2.53. The van der Waals surface area contributed by atoms with Crippen LogP contribution in [0.3, 0.4) is 0 Å². The predicted molar refractivity (Wildman–Crippen MR) is 89.7 cm³/mol. The SMILES string of the molecule is CC(c1ccccc1)N(C)C(=O)CCC1CCNCC1.Cl. The lowest BCUT2D eigenvalue weighted by molar-refractivity contribution is -0.132. The van der Waals surface area contributed by atoms with Gasteiger partial charge in [0.15, 0.2) is 0 Å². The van der Waals surface area contributed by atoms with E-state index in [4.69, 9.17) is 0 Å². The molecule has 1 fully saturated rings. The second kappa shape index (κ2) is 9.06. The molecule has 1 saturated heterocycles. The number of piperidine rings is 1. The Bertz CT molecular complexity index is 418. The van der Waals surface area contributed by atoms with Gasteiger partial charge in [0, 0.05) is 13.5 Å². The molecule has 4 heteroatoms. The van der Waals surface area contributed by atoms with E-state index in [1.54, 1.807) is 0 Å². The highest BCUT2D eigenvalue weighted by Gasteiger charge is 2.19. The Labute approximate surface area is 134 Å². The minimum atomic E-state index is 0. The summed E-state index contributed by atoms with van der Waals surface area (Å²) in [6.07, 6.45) is 4.14. The first kappa shape index (κ1) is 18.0. The highest BCUT2D eigenvalue weighted by Crippen LogP contribution is 2.22. The molecule has 0 saturated carbocycles. The Morgan fingerprint density at radius 3 is 2.52 bits per heavy atom. The molecule has 2 rings (SSSR count). The quantitative estimate of drug-likeness (QED) is 0.904. The number of hydrogen-bond donors (Lipinski definition) is 1. The number of carbonyl (C=O) groups excluding carboxylic acids is 1. The molecule has 1 unspecified atom stereocenters. The van der Waals surface area contributed by atoms with E-state index >= 15 is 0 Å². The zero-order valence-corrected chi connectivity index (χ0v) is 13.9. The number of nitrogens with one attached hydrogen (secondary N) is 1. The molecule has 1 aromatic rings. The number of halogens is 1. The summed E-state index contributed by atoms with van der Waals surface area (Å²) in [5.74, 6) is 0.987. The predicted octanol–water partition coefficient (Wildman–Crippen LogP) is 3.41. The van der Waals surface area contributed by atoms with Gasteiger partial charge in [0.25, 0.3) is 0 Å². The summed E-state index contributed by atoms with van der Waals surface area (Å²) in [5, 5.41) is 3.37. The van der Waals surface area contributed by atoms with Crippen LogP contribution >= 0.6 is 12.4 Å². The summed E-state index contributed by atoms with van der Waals surface area (Å²) in [5.41, 5.74) is 1.20. The lowest BCUT2D eigenvalue weighted by Gasteiger charge is -2.27. The fourth-order valence-electron chi connectivity index (χ4n) is 2.85. The number of hydrogen-bond acceptors (Lipinski definition) is 2. The summed E-state index contributed by atoms with van der Waals surface area (Å²) >= 11 is 0. The topological polar surface area (TPSA) is 32.3 Å². The molecule has 0 bridgehead atoms. The maximum absolute atomic E-state index is 12.3. The van der Waals surface area contributed by atoms with Gasteiger partial charge in [-0.15, -0.1) is 12.4 Å². The van der Waals surface area contributed by atoms with Gasteiger partial charge in [0.1, 0.15) is 0 Å². The number of carbonyl (C=O) groups is 1. The molecule has 1 N–H and O–H groups in total. The summed E-state index contributed by atoms with van der Waals surface area (Å²) in [6.45, 7) is 4.31. The lowest BCUT2D eigenvalue weighted by Crippen LogP contribution is -2.31. The first-order chi connectivity index (χ1) is 9.68. The van der Waals surface area contributed by atoms with Crippen LogP contribution in [0.2, 0.25) is 0 Å². The van der Waals surface area contributed by atoms with Crippen molar-refractivity contribution < 1.29 is 4.79 Å². The number of amides is 1. The highest BCUT2D eigenvalue weighted by atomic mass is 35.5. The Hall–Kier alpha value is -1.06. The highest BCUT2D eigenvalue weighted by molar-refractivity contribution is 5.85. The first-order valence-corrected chi connectivity index (χ1v) is 7.70. The Balaban J connectivity index is 0.00000220. The Kier molecular flexibility index (Phi) is 7.76. The zero-order chi connectivity index (χ0) is 14.4. The standard InChI is InChI=1S/C17H26N2O.ClH/c1-14(16-6-4-3-5-7-16)19(2)17(20)9-8-15-10-12-18-13-11-15;/h3-7,14-15,18H,8-13H2,1-2H3;1H. The summed E-state index contributed by atoms with van der Waals surface area (Å²) in [4.78, 5) is 14.2. The van der Waals surface area contributed by atoms with Crippen LogP contribution in [0.5, 0.6) is 0 Å². The number of nitrogens with zero attached hydrogens (tertiary/aromatic N) is 1. The largest absolute Gasteiger partial charge is 0.339 e. The third kappa shape index (κ3) is 5.33. The van der Waals surface area contributed by atoms with E-state index in [9.17, 15) is 4.79 Å². The van der Waals surface area contributed by atoms with E-state index < -0.39 is 0 Å². The van der Waals surface area contributed by atoms with Crippen LogP contribution in [-0.4, -0.2) is 30.9 Å². The van der Waals surface area contributed by atoms with Gasteiger partial charge < -0.3 is 10.2 Å². The molecular weight excluding hydrogens is 284 g/mol. The van der Waals surface area contributed by atoms with Crippen LogP contribution in [0.4, 0.5) is 0 Å². The van der Waals surface area contributed by atoms with Crippen molar-refractivity contribution in [1.29, 1.82) is 0 Å². The van der Waals surface area contributed by atoms with E-state index in [0.717, 1.165) is 25.4 Å². The molecule has 1 heterocycles. The molecule has 1 aliphatic heterocycles. The average molecular weight is 311 g/mol. The molecule has 21 heavy (non-hydrogen) atoms. The second-order valence-corrected chi connectivity index (χ2v) is 5.82. The molecular formula is C17H27ClN2O. The lowest BCUT2D eigenvalue weighted by atomic mass is 9.93. The number of rotatable bonds is 5. The minimum Gasteiger partial charge on any atom is -0.339 e. The van der Waals surface area contributed by atoms with Crippen molar-refractivity contribution in [3.63, 3.8) is 0 Å². The molecule has 0 radical (unpaired) electrons. The number of benzene rings is 1. The minimum absolute atomic E-state index is 0. The molecule has 3 nitrogen and oxygen atoms in total. The van der Waals surface area contributed by atoms with E-state index in [1.807, 2.05) is 30.1 Å². The van der Waals surface area contributed by atoms with Gasteiger partial charge in [-0.25, -0.2) is 0 Å². The van der Waals surface area contributed by atoms with Crippen molar-refractivity contribution in [2.75, 3.05) is 20.1 Å². The monoisotopic (exact) mass is 310 g/mol. The summed E-state index contributed by atoms with van der Waals surface area (Å²) in [6, 6.07) is 10.4. The molecule has 0 spiro atoms. The van der Waals surface area contributed by atoms with Gasteiger partial charge >= 0.3 is 0 Å². The maximum Gasteiger partial charge on any atom is 0.222 e. The van der Waals surface area contributed by atoms with E-state index in [0.29, 0.717) is 6.42 Å². The van der Waals surface area contributed by atoms with Crippen molar-refractivity contribution >= 4 is 18.3 Å². The van der Waals surface area contributed by atoms with Crippen molar-refractivity contribution in [3.05, 3.63) is 35.9 Å². The normalized spacial score (nSPS) is 16.9. The molecule has 0 aliphatic carbocycles. The summed E-state index contributed by atoms with van der Waals surface area (Å²) < 4.78 is 0. The van der Waals surface area contributed by atoms with Crippen molar-refractivity contribution in [2.45, 2.75) is 38.6 Å². The van der Waals surface area contributed by atoms with E-state index in [-0.39, 0.29) is 24.4 Å². The summed E-state index contributed by atoms with van der Waals surface area (Å²) in [7, 11) is 1.92. The van der Waals surface area contributed by atoms with E-state index in [2.05, 4.69) is 24.4 Å². The Morgan fingerprint density at radius 1 is 1.29 bits per heavy atom. The van der Waals surface area contributed by atoms with Crippen LogP contribution in [0.25, 0.3) is 0 Å². The van der Waals surface area contributed by atoms with Crippen molar-refractivity contribution in [3.8, 4) is 0 Å². The maximum atomic E-state index is 12.3. The molecule has 1 aromatic carbocycles. The van der Waals surface area contributed by atoms with Crippen molar-refractivity contribution in [1.82, 2.24) is 10.2 Å². The second-order valence-electron chi connectivity index (χ2n) is 5.82. The van der Waals surface area contributed by atoms with Gasteiger partial charge in [-0.2, -0.15) is 0 Å². The smallest absolute Gasteiger partial charge is 0.222 e. The van der Waals surface area contributed by atoms with E-state index in [1.165, 1.54) is 18.4 Å². The molecule has 1 amide bonds. The third-order valence-electron chi connectivity index (χ3n) is 4.48. The molecule has 1 aliphatic rings. The van der Waals surface area contributed by atoms with Gasteiger partial charge in [-0.1, -0.05) is 30.3 Å². The van der Waals surface area contributed by atoms with Crippen LogP contribution in [-0.2, 0) is 4.79 Å². The first-order valence-electron chi connectivity index (χ1n) is 7.70. The fraction of sp³-hybridized carbons (Fsp3) is 0.588. The van der Waals surface area contributed by atoms with Crippen LogP contribution in [0.1, 0.15) is 44.2 Å². The van der Waals surface area contributed by atoms with Crippen LogP contribution in [0.15, 0.2) is 30.3 Å². The zero-order valence-electron chi connectivity index (χ0n) is 13.0. The van der Waals surface area contributed by atoms with Gasteiger partial charge in [-0.05, 0) is 50.8 Å². The third-order valence-corrected chi connectivity index (χ3v) is 4.48. The van der Waals surface area contributed by atoms with Crippen LogP contribution < -0.4 is 5.32 Å². The molecule has 1 atom stereocenters. The Morgan fingerprint density at radius 2 is 1.90 bits per heavy atom. The van der Waals surface area contributed by atoms with Crippen molar-refractivity contribution in [2.24, 2.45) is 5.92 Å². The van der Waals surface area contributed by atoms with Crippen LogP contribution in [0, 0.1) is 5.92 Å². The van der Waals surface area contributed by atoms with Gasteiger partial charge in [0.2, 0.25) is 5.91 Å². The van der Waals surface area contributed by atoms with Gasteiger partial charge in [-0.3, -0.25) is 4.79 Å². The molecule has 0 aromatic heterocycles. The van der Waals surface area contributed by atoms with Gasteiger partial charge in [0.05, 0.1) is 6.04 Å². The fourth-order valence-corrected chi connectivity index (χ4v) is 2.85.